The van der Waals surface area contributed by atoms with Gasteiger partial charge in [-0.05, 0) is 13.8 Å². The Kier molecular flexibility index (Phi) is 3.06. The van der Waals surface area contributed by atoms with Gasteiger partial charge in [0.2, 0.25) is 0 Å². The van der Waals surface area contributed by atoms with E-state index in [4.69, 9.17) is 0 Å². The predicted octanol–water partition coefficient (Wildman–Crippen LogP) is 0.902. The highest BCUT2D eigenvalue weighted by Crippen LogP contribution is 2.02. The molecule has 0 saturated heterocycles. The summed E-state index contributed by atoms with van der Waals surface area (Å²) in [7, 11) is 1.82. The number of carbonyl (C=O) groups is 1. The molecule has 0 radical (unpaired) electrons. The molecule has 4 heteroatoms. The molecule has 0 spiro atoms. The second-order valence-corrected chi connectivity index (χ2v) is 2.87. The van der Waals surface area contributed by atoms with E-state index in [0.29, 0.717) is 5.69 Å². The third kappa shape index (κ3) is 1.88. The Labute approximate surface area is 78.2 Å². The minimum absolute atomic E-state index is 0.0463. The van der Waals surface area contributed by atoms with Crippen molar-refractivity contribution < 1.29 is 4.79 Å². The van der Waals surface area contributed by atoms with Crippen LogP contribution in [0.3, 0.4) is 0 Å². The quantitative estimate of drug-likeness (QED) is 0.695. The minimum atomic E-state index is 0.0463. The summed E-state index contributed by atoms with van der Waals surface area (Å²) in [5.41, 5.74) is 0.642. The highest BCUT2D eigenvalue weighted by Gasteiger charge is 2.14. The Hall–Kier alpha value is -1.32. The van der Waals surface area contributed by atoms with E-state index in [2.05, 4.69) is 4.98 Å². The van der Waals surface area contributed by atoms with Gasteiger partial charge >= 0.3 is 0 Å². The lowest BCUT2D eigenvalue weighted by Crippen LogP contribution is -2.31. The van der Waals surface area contributed by atoms with Crippen LogP contribution in [0, 0.1) is 0 Å². The summed E-state index contributed by atoms with van der Waals surface area (Å²) in [5, 5.41) is 0. The van der Waals surface area contributed by atoms with Crippen molar-refractivity contribution in [2.45, 2.75) is 13.8 Å². The molecular weight excluding hydrogens is 166 g/mol. The number of nitrogens with zero attached hydrogens (tertiary/aromatic N) is 3. The molecule has 1 heterocycles. The van der Waals surface area contributed by atoms with Gasteiger partial charge in [0.1, 0.15) is 5.69 Å². The number of aromatic nitrogens is 2. The zero-order chi connectivity index (χ0) is 9.84. The smallest absolute Gasteiger partial charge is 0.272 e. The maximum absolute atomic E-state index is 11.8. The van der Waals surface area contributed by atoms with Crippen LogP contribution in [-0.2, 0) is 7.05 Å². The van der Waals surface area contributed by atoms with Crippen LogP contribution in [0.5, 0.6) is 0 Å². The molecular formula is C9H15N3O. The lowest BCUT2D eigenvalue weighted by Gasteiger charge is -2.18. The number of rotatable bonds is 3. The molecule has 72 valence electrons. The fourth-order valence-corrected chi connectivity index (χ4v) is 1.24. The van der Waals surface area contributed by atoms with E-state index in [1.807, 2.05) is 20.9 Å². The number of hydrogen-bond acceptors (Lipinski definition) is 2. The molecule has 0 N–H and O–H groups in total. The zero-order valence-corrected chi connectivity index (χ0v) is 8.32. The summed E-state index contributed by atoms with van der Waals surface area (Å²) in [6.07, 6.45) is 3.23. The summed E-state index contributed by atoms with van der Waals surface area (Å²) in [4.78, 5) is 17.4. The van der Waals surface area contributed by atoms with E-state index in [1.54, 1.807) is 22.0 Å². The number of imidazole rings is 1. The highest BCUT2D eigenvalue weighted by molar-refractivity contribution is 5.92. The Morgan fingerprint density at radius 1 is 1.54 bits per heavy atom. The van der Waals surface area contributed by atoms with Crippen molar-refractivity contribution in [2.24, 2.45) is 7.05 Å². The van der Waals surface area contributed by atoms with Crippen molar-refractivity contribution in [1.82, 2.24) is 14.5 Å². The molecule has 0 aliphatic carbocycles. The molecule has 1 aromatic rings. The van der Waals surface area contributed by atoms with Gasteiger partial charge in [-0.2, -0.15) is 0 Å². The average Bonchev–Trinajstić information content (AvgIpc) is 2.53. The van der Waals surface area contributed by atoms with Crippen LogP contribution >= 0.6 is 0 Å². The van der Waals surface area contributed by atoms with Crippen LogP contribution in [0.2, 0.25) is 0 Å². The monoisotopic (exact) mass is 181 g/mol. The average molecular weight is 181 g/mol. The zero-order valence-electron chi connectivity index (χ0n) is 8.32. The number of aryl methyl sites for hydroxylation is 1. The predicted molar refractivity (Wildman–Crippen MR) is 50.5 cm³/mol. The van der Waals surface area contributed by atoms with E-state index in [0.717, 1.165) is 13.1 Å². The first-order valence-electron chi connectivity index (χ1n) is 4.46. The topological polar surface area (TPSA) is 38.1 Å². The first-order valence-corrected chi connectivity index (χ1v) is 4.46. The van der Waals surface area contributed by atoms with E-state index in [1.165, 1.54) is 0 Å². The second kappa shape index (κ2) is 4.07. The molecule has 0 aliphatic rings. The highest BCUT2D eigenvalue weighted by atomic mass is 16.2. The summed E-state index contributed by atoms with van der Waals surface area (Å²) < 4.78 is 1.74. The Morgan fingerprint density at radius 2 is 2.15 bits per heavy atom. The summed E-state index contributed by atoms with van der Waals surface area (Å²) >= 11 is 0. The normalized spacial score (nSPS) is 10.1. The molecule has 0 aliphatic heterocycles. The summed E-state index contributed by atoms with van der Waals surface area (Å²) in [6, 6.07) is 0. The summed E-state index contributed by atoms with van der Waals surface area (Å²) in [6.45, 7) is 5.41. The molecule has 0 unspecified atom stereocenters. The van der Waals surface area contributed by atoms with Gasteiger partial charge in [0.05, 0.1) is 12.5 Å². The molecule has 13 heavy (non-hydrogen) atoms. The molecule has 0 bridgehead atoms. The van der Waals surface area contributed by atoms with Crippen molar-refractivity contribution in [3.63, 3.8) is 0 Å². The Balaban J connectivity index is 2.84. The first-order chi connectivity index (χ1) is 6.20. The minimum Gasteiger partial charge on any atom is -0.338 e. The molecule has 0 fully saturated rings. The third-order valence-electron chi connectivity index (χ3n) is 2.09. The molecule has 4 nitrogen and oxygen atoms in total. The van der Waals surface area contributed by atoms with E-state index in [9.17, 15) is 4.79 Å². The second-order valence-electron chi connectivity index (χ2n) is 2.87. The van der Waals surface area contributed by atoms with Gasteiger partial charge in [-0.3, -0.25) is 4.79 Å². The fraction of sp³-hybridized carbons (Fsp3) is 0.556. The van der Waals surface area contributed by atoms with Crippen molar-refractivity contribution in [3.8, 4) is 0 Å². The maximum Gasteiger partial charge on any atom is 0.272 e. The van der Waals surface area contributed by atoms with Crippen LogP contribution in [0.4, 0.5) is 0 Å². The lowest BCUT2D eigenvalue weighted by atomic mass is 10.3. The summed E-state index contributed by atoms with van der Waals surface area (Å²) in [5.74, 6) is 0.0463. The van der Waals surface area contributed by atoms with Gasteiger partial charge in [0.15, 0.2) is 0 Å². The van der Waals surface area contributed by atoms with Crippen LogP contribution in [0.1, 0.15) is 24.3 Å². The van der Waals surface area contributed by atoms with Crippen LogP contribution < -0.4 is 0 Å². The molecule has 1 rings (SSSR count). The van der Waals surface area contributed by atoms with Crippen LogP contribution in [-0.4, -0.2) is 33.4 Å². The van der Waals surface area contributed by atoms with Gasteiger partial charge in [0, 0.05) is 20.1 Å². The van der Waals surface area contributed by atoms with Gasteiger partial charge in [-0.25, -0.2) is 4.98 Å². The molecule has 1 aromatic heterocycles. The van der Waals surface area contributed by atoms with Crippen molar-refractivity contribution >= 4 is 5.91 Å². The maximum atomic E-state index is 11.8. The van der Waals surface area contributed by atoms with Crippen molar-refractivity contribution in [1.29, 1.82) is 0 Å². The van der Waals surface area contributed by atoms with Crippen molar-refractivity contribution in [3.05, 3.63) is 18.2 Å². The number of carbonyl (C=O) groups excluding carboxylic acids is 1. The molecule has 0 atom stereocenters. The third-order valence-corrected chi connectivity index (χ3v) is 2.09. The first kappa shape index (κ1) is 9.77. The van der Waals surface area contributed by atoms with E-state index in [-0.39, 0.29) is 5.91 Å². The van der Waals surface area contributed by atoms with Gasteiger partial charge in [-0.1, -0.05) is 0 Å². The Morgan fingerprint density at radius 3 is 2.54 bits per heavy atom. The standard InChI is InChI=1S/C9H15N3O/c1-4-12(5-2)9(13)8-6-10-7-11(8)3/h6-7H,4-5H2,1-3H3. The van der Waals surface area contributed by atoms with Crippen LogP contribution in [0.15, 0.2) is 12.5 Å². The number of amides is 1. The largest absolute Gasteiger partial charge is 0.338 e. The van der Waals surface area contributed by atoms with Gasteiger partial charge in [0.25, 0.3) is 5.91 Å². The van der Waals surface area contributed by atoms with Crippen molar-refractivity contribution in [2.75, 3.05) is 13.1 Å². The SMILES string of the molecule is CCN(CC)C(=O)c1cncn1C. The lowest BCUT2D eigenvalue weighted by molar-refractivity contribution is 0.0763. The van der Waals surface area contributed by atoms with E-state index >= 15 is 0 Å². The van der Waals surface area contributed by atoms with E-state index < -0.39 is 0 Å². The molecule has 0 aromatic carbocycles. The van der Waals surface area contributed by atoms with Crippen LogP contribution in [0.25, 0.3) is 0 Å². The Bertz CT molecular complexity index is 289. The molecule has 1 amide bonds. The number of hydrogen-bond donors (Lipinski definition) is 0. The fourth-order valence-electron chi connectivity index (χ4n) is 1.24. The van der Waals surface area contributed by atoms with Gasteiger partial charge < -0.3 is 9.47 Å². The van der Waals surface area contributed by atoms with Gasteiger partial charge in [-0.15, -0.1) is 0 Å². The molecule has 0 saturated carbocycles.